The number of para-hydroxylation sites is 1. The Kier molecular flexibility index (Phi) is 8.61. The first kappa shape index (κ1) is 19.1. The Bertz CT molecular complexity index is 435. The number of benzene rings is 1. The van der Waals surface area contributed by atoms with Crippen molar-refractivity contribution in [1.29, 1.82) is 0 Å². The number of nitrogens with one attached hydrogen (secondary N) is 1. The van der Waals surface area contributed by atoms with Crippen LogP contribution < -0.4 is 14.8 Å². The summed E-state index contributed by atoms with van der Waals surface area (Å²) < 4.78 is 10.9. The molecule has 4 nitrogen and oxygen atoms in total. The lowest BCUT2D eigenvalue weighted by atomic mass is 9.93. The minimum absolute atomic E-state index is 0. The molecule has 1 aliphatic rings. The van der Waals surface area contributed by atoms with E-state index in [1.54, 1.807) is 14.2 Å². The quantitative estimate of drug-likeness (QED) is 0.834. The number of likely N-dealkylation sites (tertiary alicyclic amines) is 1. The fraction of sp³-hybridized carbons (Fsp3) is 0.647. The lowest BCUT2D eigenvalue weighted by Crippen LogP contribution is -2.34. The summed E-state index contributed by atoms with van der Waals surface area (Å²) in [4.78, 5) is 2.52. The standard InChI is InChI=1S/C17H28N2O2.ClH/c1-18-10-7-14-8-11-19(12-9-14)13-15-5-4-6-16(20-2)17(15)21-3;/h4-6,14,18H,7-13H2,1-3H3;1H. The van der Waals surface area contributed by atoms with Gasteiger partial charge in [0.2, 0.25) is 0 Å². The monoisotopic (exact) mass is 328 g/mol. The van der Waals surface area contributed by atoms with E-state index in [0.717, 1.165) is 30.5 Å². The van der Waals surface area contributed by atoms with Gasteiger partial charge >= 0.3 is 0 Å². The molecule has 0 saturated carbocycles. The largest absolute Gasteiger partial charge is 0.493 e. The zero-order chi connectivity index (χ0) is 15.1. The molecule has 0 atom stereocenters. The Labute approximate surface area is 140 Å². The van der Waals surface area contributed by atoms with Gasteiger partial charge in [0.1, 0.15) is 0 Å². The summed E-state index contributed by atoms with van der Waals surface area (Å²) >= 11 is 0. The van der Waals surface area contributed by atoms with Gasteiger partial charge in [0.15, 0.2) is 11.5 Å². The fourth-order valence-electron chi connectivity index (χ4n) is 3.10. The number of ether oxygens (including phenoxy) is 2. The first-order valence-electron chi connectivity index (χ1n) is 7.85. The molecule has 1 N–H and O–H groups in total. The van der Waals surface area contributed by atoms with Gasteiger partial charge in [-0.05, 0) is 57.9 Å². The van der Waals surface area contributed by atoms with Crippen LogP contribution in [0.4, 0.5) is 0 Å². The molecule has 0 bridgehead atoms. The molecule has 1 heterocycles. The average Bonchev–Trinajstić information content (AvgIpc) is 2.54. The maximum Gasteiger partial charge on any atom is 0.165 e. The molecule has 2 rings (SSSR count). The van der Waals surface area contributed by atoms with Gasteiger partial charge in [-0.3, -0.25) is 4.90 Å². The first-order valence-corrected chi connectivity index (χ1v) is 7.85. The summed E-state index contributed by atoms with van der Waals surface area (Å²) in [6.45, 7) is 4.43. The van der Waals surface area contributed by atoms with Gasteiger partial charge in [-0.2, -0.15) is 0 Å². The van der Waals surface area contributed by atoms with E-state index in [4.69, 9.17) is 9.47 Å². The highest BCUT2D eigenvalue weighted by Crippen LogP contribution is 2.32. The van der Waals surface area contributed by atoms with Crippen molar-refractivity contribution >= 4 is 12.4 Å². The van der Waals surface area contributed by atoms with E-state index in [1.165, 1.54) is 37.9 Å². The Morgan fingerprint density at radius 3 is 2.50 bits per heavy atom. The van der Waals surface area contributed by atoms with Crippen molar-refractivity contribution < 1.29 is 9.47 Å². The SMILES string of the molecule is CNCCC1CCN(Cc2cccc(OC)c2OC)CC1.Cl. The summed E-state index contributed by atoms with van der Waals surface area (Å²) in [5, 5.41) is 3.25. The number of nitrogens with zero attached hydrogens (tertiary/aromatic N) is 1. The molecule has 0 spiro atoms. The Morgan fingerprint density at radius 1 is 1.18 bits per heavy atom. The average molecular weight is 329 g/mol. The minimum Gasteiger partial charge on any atom is -0.493 e. The highest BCUT2D eigenvalue weighted by Gasteiger charge is 2.20. The second-order valence-electron chi connectivity index (χ2n) is 5.76. The van der Waals surface area contributed by atoms with Crippen LogP contribution in [0.1, 0.15) is 24.8 Å². The van der Waals surface area contributed by atoms with E-state index in [9.17, 15) is 0 Å². The topological polar surface area (TPSA) is 33.7 Å². The summed E-state index contributed by atoms with van der Waals surface area (Å²) in [6, 6.07) is 6.12. The third kappa shape index (κ3) is 5.04. The van der Waals surface area contributed by atoms with E-state index >= 15 is 0 Å². The van der Waals surface area contributed by atoms with E-state index < -0.39 is 0 Å². The molecular weight excluding hydrogens is 300 g/mol. The molecule has 1 saturated heterocycles. The van der Waals surface area contributed by atoms with Gasteiger partial charge in [-0.25, -0.2) is 0 Å². The van der Waals surface area contributed by atoms with Crippen molar-refractivity contribution in [2.45, 2.75) is 25.8 Å². The second-order valence-corrected chi connectivity index (χ2v) is 5.76. The molecule has 1 aromatic carbocycles. The number of methoxy groups -OCH3 is 2. The van der Waals surface area contributed by atoms with E-state index in [0.29, 0.717) is 0 Å². The third-order valence-corrected chi connectivity index (χ3v) is 4.39. The third-order valence-electron chi connectivity index (χ3n) is 4.39. The van der Waals surface area contributed by atoms with Crippen LogP contribution in [0.5, 0.6) is 11.5 Å². The van der Waals surface area contributed by atoms with Crippen molar-refractivity contribution in [2.75, 3.05) is 40.9 Å². The van der Waals surface area contributed by atoms with Crippen LogP contribution in [0.25, 0.3) is 0 Å². The van der Waals surface area contributed by atoms with Gasteiger partial charge in [0.05, 0.1) is 14.2 Å². The van der Waals surface area contributed by atoms with Crippen LogP contribution >= 0.6 is 12.4 Å². The highest BCUT2D eigenvalue weighted by molar-refractivity contribution is 5.85. The smallest absolute Gasteiger partial charge is 0.165 e. The van der Waals surface area contributed by atoms with E-state index in [-0.39, 0.29) is 12.4 Å². The molecular formula is C17H29ClN2O2. The van der Waals surface area contributed by atoms with Crippen molar-refractivity contribution in [1.82, 2.24) is 10.2 Å². The van der Waals surface area contributed by atoms with Crippen molar-refractivity contribution in [3.63, 3.8) is 0 Å². The van der Waals surface area contributed by atoms with Crippen LogP contribution in [0, 0.1) is 5.92 Å². The summed E-state index contributed by atoms with van der Waals surface area (Å²) in [6.07, 6.45) is 3.90. The van der Waals surface area contributed by atoms with Crippen LogP contribution in [-0.2, 0) is 6.54 Å². The lowest BCUT2D eigenvalue weighted by molar-refractivity contribution is 0.170. The Hall–Kier alpha value is -0.970. The molecule has 1 fully saturated rings. The maximum atomic E-state index is 5.52. The molecule has 0 aromatic heterocycles. The zero-order valence-corrected chi connectivity index (χ0v) is 14.7. The zero-order valence-electron chi connectivity index (χ0n) is 13.9. The molecule has 1 aromatic rings. The summed E-state index contributed by atoms with van der Waals surface area (Å²) in [5.74, 6) is 2.57. The Balaban J connectivity index is 0.00000242. The van der Waals surface area contributed by atoms with Crippen molar-refractivity contribution in [3.05, 3.63) is 23.8 Å². The predicted octanol–water partition coefficient (Wildman–Crippen LogP) is 2.95. The molecule has 1 aliphatic heterocycles. The number of piperidine rings is 1. The molecule has 22 heavy (non-hydrogen) atoms. The van der Waals surface area contributed by atoms with Gasteiger partial charge in [0, 0.05) is 12.1 Å². The minimum atomic E-state index is 0. The predicted molar refractivity (Wildman–Crippen MR) is 93.3 cm³/mol. The summed E-state index contributed by atoms with van der Waals surface area (Å²) in [7, 11) is 5.43. The van der Waals surface area contributed by atoms with Gasteiger partial charge < -0.3 is 14.8 Å². The molecule has 0 amide bonds. The molecule has 5 heteroatoms. The van der Waals surface area contributed by atoms with Crippen LogP contribution in [0.3, 0.4) is 0 Å². The normalized spacial score (nSPS) is 16.1. The fourth-order valence-corrected chi connectivity index (χ4v) is 3.10. The van der Waals surface area contributed by atoms with Gasteiger partial charge in [-0.1, -0.05) is 12.1 Å². The molecule has 0 radical (unpaired) electrons. The molecule has 0 unspecified atom stereocenters. The summed E-state index contributed by atoms with van der Waals surface area (Å²) in [5.41, 5.74) is 1.21. The first-order chi connectivity index (χ1) is 10.3. The number of rotatable bonds is 7. The lowest BCUT2D eigenvalue weighted by Gasteiger charge is -2.32. The van der Waals surface area contributed by atoms with E-state index in [2.05, 4.69) is 16.3 Å². The van der Waals surface area contributed by atoms with Gasteiger partial charge in [0.25, 0.3) is 0 Å². The maximum absolute atomic E-state index is 5.52. The number of hydrogen-bond acceptors (Lipinski definition) is 4. The Morgan fingerprint density at radius 2 is 1.91 bits per heavy atom. The van der Waals surface area contributed by atoms with Crippen molar-refractivity contribution in [2.24, 2.45) is 5.92 Å². The molecule has 0 aliphatic carbocycles. The highest BCUT2D eigenvalue weighted by atomic mass is 35.5. The second kappa shape index (κ2) is 9.93. The number of hydrogen-bond donors (Lipinski definition) is 1. The van der Waals surface area contributed by atoms with Crippen molar-refractivity contribution in [3.8, 4) is 11.5 Å². The van der Waals surface area contributed by atoms with Crippen LogP contribution in [-0.4, -0.2) is 45.8 Å². The number of halogens is 1. The van der Waals surface area contributed by atoms with Crippen LogP contribution in [0.2, 0.25) is 0 Å². The molecule has 126 valence electrons. The van der Waals surface area contributed by atoms with Crippen LogP contribution in [0.15, 0.2) is 18.2 Å². The van der Waals surface area contributed by atoms with Gasteiger partial charge in [-0.15, -0.1) is 12.4 Å². The van der Waals surface area contributed by atoms with E-state index in [1.807, 2.05) is 19.2 Å².